The van der Waals surface area contributed by atoms with E-state index in [-0.39, 0.29) is 6.61 Å². The first-order chi connectivity index (χ1) is 9.20. The fourth-order valence-electron chi connectivity index (χ4n) is 2.40. The lowest BCUT2D eigenvalue weighted by atomic mass is 10.0. The van der Waals surface area contributed by atoms with Gasteiger partial charge in [-0.2, -0.15) is 0 Å². The van der Waals surface area contributed by atoms with Crippen LogP contribution in [0.3, 0.4) is 0 Å². The molecule has 19 heavy (non-hydrogen) atoms. The van der Waals surface area contributed by atoms with Crippen LogP contribution < -0.4 is 0 Å². The maximum Gasteiger partial charge on any atom is 0.141 e. The Labute approximate surface area is 110 Å². The molecule has 0 radical (unpaired) electrons. The van der Waals surface area contributed by atoms with Gasteiger partial charge in [-0.15, -0.1) is 0 Å². The summed E-state index contributed by atoms with van der Waals surface area (Å²) in [7, 11) is 0. The molecule has 5 heteroatoms. The van der Waals surface area contributed by atoms with Gasteiger partial charge in [0.25, 0.3) is 0 Å². The Hall–Kier alpha value is -2.14. The van der Waals surface area contributed by atoms with E-state index in [1.54, 1.807) is 6.33 Å². The molecule has 1 aromatic carbocycles. The first kappa shape index (κ1) is 11.9. The minimum absolute atomic E-state index is 0.108. The second-order valence-electron chi connectivity index (χ2n) is 4.56. The molecule has 0 amide bonds. The van der Waals surface area contributed by atoms with Crippen molar-refractivity contribution in [1.29, 1.82) is 0 Å². The molecule has 3 rings (SSSR count). The lowest BCUT2D eigenvalue weighted by Gasteiger charge is -2.03. The van der Waals surface area contributed by atoms with Gasteiger partial charge in [0, 0.05) is 12.1 Å². The number of aliphatic hydroxyl groups is 1. The molecule has 1 N–H and O–H groups in total. The standard InChI is InChI=1S/C14H15N3O2/c1-9-14(10(2)19-16-9)11-3-4-13-12(7-11)15-8-17(13)5-6-18/h3-4,7-8,18H,5-6H2,1-2H3. The van der Waals surface area contributed by atoms with E-state index in [9.17, 15) is 0 Å². The lowest BCUT2D eigenvalue weighted by molar-refractivity contribution is 0.278. The maximum atomic E-state index is 9.01. The molecule has 3 aromatic rings. The number of aromatic nitrogens is 3. The number of aryl methyl sites for hydroxylation is 2. The van der Waals surface area contributed by atoms with Crippen molar-refractivity contribution in [1.82, 2.24) is 14.7 Å². The van der Waals surface area contributed by atoms with Gasteiger partial charge in [0.1, 0.15) is 5.76 Å². The number of imidazole rings is 1. The Morgan fingerprint density at radius 3 is 2.84 bits per heavy atom. The van der Waals surface area contributed by atoms with Gasteiger partial charge in [-0.1, -0.05) is 11.2 Å². The van der Waals surface area contributed by atoms with Gasteiger partial charge in [0.05, 0.1) is 29.7 Å². The molecule has 0 saturated carbocycles. The zero-order valence-corrected chi connectivity index (χ0v) is 10.9. The fourth-order valence-corrected chi connectivity index (χ4v) is 2.40. The highest BCUT2D eigenvalue weighted by Gasteiger charge is 2.12. The van der Waals surface area contributed by atoms with Crippen LogP contribution in [0.1, 0.15) is 11.5 Å². The van der Waals surface area contributed by atoms with Crippen LogP contribution in [0, 0.1) is 13.8 Å². The number of hydrogen-bond acceptors (Lipinski definition) is 4. The average molecular weight is 257 g/mol. The monoisotopic (exact) mass is 257 g/mol. The highest BCUT2D eigenvalue weighted by atomic mass is 16.5. The predicted molar refractivity (Wildman–Crippen MR) is 71.8 cm³/mol. The van der Waals surface area contributed by atoms with Gasteiger partial charge < -0.3 is 14.2 Å². The summed E-state index contributed by atoms with van der Waals surface area (Å²) >= 11 is 0. The zero-order valence-electron chi connectivity index (χ0n) is 10.9. The van der Waals surface area contributed by atoms with Crippen LogP contribution in [-0.2, 0) is 6.54 Å². The van der Waals surface area contributed by atoms with E-state index >= 15 is 0 Å². The van der Waals surface area contributed by atoms with Gasteiger partial charge in [-0.3, -0.25) is 0 Å². The molecule has 0 aliphatic heterocycles. The zero-order chi connectivity index (χ0) is 13.4. The van der Waals surface area contributed by atoms with Crippen molar-refractivity contribution in [2.45, 2.75) is 20.4 Å². The third kappa shape index (κ3) is 1.92. The normalized spacial score (nSPS) is 11.3. The Kier molecular flexibility index (Phi) is 2.83. The summed E-state index contributed by atoms with van der Waals surface area (Å²) in [4.78, 5) is 4.37. The quantitative estimate of drug-likeness (QED) is 0.782. The summed E-state index contributed by atoms with van der Waals surface area (Å²) < 4.78 is 7.13. The van der Waals surface area contributed by atoms with Crippen LogP contribution in [0.25, 0.3) is 22.2 Å². The van der Waals surface area contributed by atoms with Gasteiger partial charge >= 0.3 is 0 Å². The Morgan fingerprint density at radius 1 is 1.32 bits per heavy atom. The van der Waals surface area contributed by atoms with Crippen LogP contribution in [0.15, 0.2) is 29.0 Å². The summed E-state index contributed by atoms with van der Waals surface area (Å²) in [5.41, 5.74) is 4.89. The highest BCUT2D eigenvalue weighted by Crippen LogP contribution is 2.29. The molecule has 0 bridgehead atoms. The molecular formula is C14H15N3O2. The van der Waals surface area contributed by atoms with E-state index in [0.29, 0.717) is 6.54 Å². The Bertz CT molecular complexity index is 708. The SMILES string of the molecule is Cc1noc(C)c1-c1ccc2c(c1)ncn2CCO. The number of aliphatic hydroxyl groups excluding tert-OH is 1. The summed E-state index contributed by atoms with van der Waals surface area (Å²) in [6, 6.07) is 6.07. The van der Waals surface area contributed by atoms with E-state index in [0.717, 1.165) is 33.6 Å². The molecule has 98 valence electrons. The number of fused-ring (bicyclic) bond motifs is 1. The number of rotatable bonds is 3. The summed E-state index contributed by atoms with van der Waals surface area (Å²) in [5.74, 6) is 0.812. The lowest BCUT2D eigenvalue weighted by Crippen LogP contribution is -1.99. The molecule has 5 nitrogen and oxygen atoms in total. The second-order valence-corrected chi connectivity index (χ2v) is 4.56. The molecule has 0 unspecified atom stereocenters. The van der Waals surface area contributed by atoms with Crippen molar-refractivity contribution in [3.8, 4) is 11.1 Å². The van der Waals surface area contributed by atoms with Gasteiger partial charge in [-0.25, -0.2) is 4.98 Å². The molecule has 0 spiro atoms. The van der Waals surface area contributed by atoms with Crippen molar-refractivity contribution in [3.63, 3.8) is 0 Å². The Morgan fingerprint density at radius 2 is 2.16 bits per heavy atom. The average Bonchev–Trinajstić information content (AvgIpc) is 2.94. The maximum absolute atomic E-state index is 9.01. The first-order valence-electron chi connectivity index (χ1n) is 6.19. The minimum Gasteiger partial charge on any atom is -0.395 e. The van der Waals surface area contributed by atoms with Crippen molar-refractivity contribution < 1.29 is 9.63 Å². The molecule has 0 fully saturated rings. The predicted octanol–water partition coefficient (Wildman–Crippen LogP) is 2.30. The minimum atomic E-state index is 0.108. The van der Waals surface area contributed by atoms with Crippen LogP contribution >= 0.6 is 0 Å². The molecule has 0 aliphatic rings. The van der Waals surface area contributed by atoms with Crippen molar-refractivity contribution in [2.75, 3.05) is 6.61 Å². The van der Waals surface area contributed by atoms with E-state index in [4.69, 9.17) is 9.63 Å². The molecule has 0 aliphatic carbocycles. The summed E-state index contributed by atoms with van der Waals surface area (Å²) in [6.07, 6.45) is 1.75. The Balaban J connectivity index is 2.13. The third-order valence-corrected chi connectivity index (χ3v) is 3.28. The van der Waals surface area contributed by atoms with Gasteiger partial charge in [0.2, 0.25) is 0 Å². The smallest absolute Gasteiger partial charge is 0.141 e. The van der Waals surface area contributed by atoms with E-state index < -0.39 is 0 Å². The summed E-state index contributed by atoms with van der Waals surface area (Å²) in [6.45, 7) is 4.50. The number of hydrogen-bond donors (Lipinski definition) is 1. The first-order valence-corrected chi connectivity index (χ1v) is 6.19. The third-order valence-electron chi connectivity index (χ3n) is 3.28. The van der Waals surface area contributed by atoms with Crippen molar-refractivity contribution in [2.24, 2.45) is 0 Å². The van der Waals surface area contributed by atoms with Gasteiger partial charge in [0.15, 0.2) is 0 Å². The van der Waals surface area contributed by atoms with E-state index in [2.05, 4.69) is 10.1 Å². The van der Waals surface area contributed by atoms with Crippen molar-refractivity contribution >= 4 is 11.0 Å². The topological polar surface area (TPSA) is 64.1 Å². The number of benzene rings is 1. The van der Waals surface area contributed by atoms with Crippen LogP contribution in [0.4, 0.5) is 0 Å². The molecular weight excluding hydrogens is 242 g/mol. The molecule has 0 saturated heterocycles. The van der Waals surface area contributed by atoms with Crippen molar-refractivity contribution in [3.05, 3.63) is 36.0 Å². The highest BCUT2D eigenvalue weighted by molar-refractivity contribution is 5.83. The van der Waals surface area contributed by atoms with Crippen LogP contribution in [0.5, 0.6) is 0 Å². The van der Waals surface area contributed by atoms with E-state index in [1.165, 1.54) is 0 Å². The summed E-state index contributed by atoms with van der Waals surface area (Å²) in [5, 5.41) is 13.0. The molecule has 2 aromatic heterocycles. The second kappa shape index (κ2) is 4.51. The van der Waals surface area contributed by atoms with Gasteiger partial charge in [-0.05, 0) is 31.5 Å². The largest absolute Gasteiger partial charge is 0.395 e. The molecule has 0 atom stereocenters. The molecule has 2 heterocycles. The van der Waals surface area contributed by atoms with E-state index in [1.807, 2.05) is 36.6 Å². The fraction of sp³-hybridized carbons (Fsp3) is 0.286. The number of nitrogens with zero attached hydrogens (tertiary/aromatic N) is 3. The van der Waals surface area contributed by atoms with Crippen LogP contribution in [-0.4, -0.2) is 26.4 Å². The van der Waals surface area contributed by atoms with Crippen LogP contribution in [0.2, 0.25) is 0 Å².